The average molecular weight is 776 g/mol. The minimum Gasteiger partial charge on any atom is -0.463 e. The summed E-state index contributed by atoms with van der Waals surface area (Å²) in [5, 5.41) is 10.1. The fraction of sp³-hybridized carbons (Fsp3) is 0.909. The number of alkyl halides is 7. The second-order valence-electron chi connectivity index (χ2n) is 16.5. The summed E-state index contributed by atoms with van der Waals surface area (Å²) in [5.74, 6) is -3.85. The van der Waals surface area contributed by atoms with Gasteiger partial charge in [0.15, 0.2) is 5.60 Å². The van der Waals surface area contributed by atoms with Crippen LogP contribution in [0.25, 0.3) is 0 Å². The van der Waals surface area contributed by atoms with Crippen LogP contribution in [0.15, 0.2) is 0 Å². The van der Waals surface area contributed by atoms with Crippen LogP contribution in [0.4, 0.5) is 30.7 Å². The van der Waals surface area contributed by atoms with Crippen molar-refractivity contribution in [2.45, 2.75) is 169 Å². The van der Waals surface area contributed by atoms with Gasteiger partial charge in [-0.05, 0) is 74.7 Å². The van der Waals surface area contributed by atoms with Crippen molar-refractivity contribution in [3.8, 4) is 0 Å². The van der Waals surface area contributed by atoms with E-state index in [2.05, 4.69) is 0 Å². The van der Waals surface area contributed by atoms with E-state index in [1.807, 2.05) is 0 Å². The molecule has 0 spiro atoms. The number of hydrogen-bond acceptors (Lipinski definition) is 9. The van der Waals surface area contributed by atoms with Crippen LogP contribution in [0.2, 0.25) is 0 Å². The van der Waals surface area contributed by atoms with Crippen LogP contribution in [-0.2, 0) is 38.6 Å². The van der Waals surface area contributed by atoms with Crippen LogP contribution < -0.4 is 4.72 Å². The van der Waals surface area contributed by atoms with Crippen molar-refractivity contribution in [1.29, 1.82) is 0 Å². The summed E-state index contributed by atoms with van der Waals surface area (Å²) in [7, 11) is -5.90. The first-order valence-corrected chi connectivity index (χ1v) is 17.9. The molecule has 0 aromatic heterocycles. The molecule has 0 saturated carbocycles. The van der Waals surface area contributed by atoms with E-state index in [9.17, 15) is 54.3 Å². The molecule has 0 heterocycles. The van der Waals surface area contributed by atoms with Gasteiger partial charge in [-0.25, -0.2) is 17.6 Å². The molecule has 0 aliphatic carbocycles. The summed E-state index contributed by atoms with van der Waals surface area (Å²) in [4.78, 5) is 40.7. The Morgan fingerprint density at radius 3 is 1.63 bits per heavy atom. The molecule has 2 N–H and O–H groups in total. The molecule has 0 aliphatic rings. The van der Waals surface area contributed by atoms with Crippen molar-refractivity contribution in [1.82, 2.24) is 4.72 Å². The topological polar surface area (TPSA) is 145 Å². The van der Waals surface area contributed by atoms with E-state index in [0.29, 0.717) is 6.92 Å². The van der Waals surface area contributed by atoms with Gasteiger partial charge in [0, 0.05) is 18.3 Å². The standard InChI is InChI=1S/C33H56F7NO9S/c1-14-16-21(17-31(13,45)32(35,36)37)49-23(43)28(10,15-2)18-29(11,19-30(12,34)24(44)50-27(8,9)25(3,4)5)22(42)48-20-26(6,7)41-51(46,47)33(38,39)40/h21,41,45H,14-20H2,1-13H3. The van der Waals surface area contributed by atoms with Crippen LogP contribution in [0, 0.1) is 16.2 Å². The summed E-state index contributed by atoms with van der Waals surface area (Å²) in [6.07, 6.45) is -9.18. The van der Waals surface area contributed by atoms with E-state index in [-0.39, 0.29) is 19.3 Å². The lowest BCUT2D eigenvalue weighted by molar-refractivity contribution is -0.262. The number of sulfonamides is 1. The van der Waals surface area contributed by atoms with E-state index in [1.54, 1.807) is 27.7 Å². The van der Waals surface area contributed by atoms with Gasteiger partial charge in [0.1, 0.15) is 18.3 Å². The minimum absolute atomic E-state index is 0.0854. The first-order chi connectivity index (χ1) is 22.2. The van der Waals surface area contributed by atoms with Crippen LogP contribution in [-0.4, -0.2) is 78.2 Å². The highest BCUT2D eigenvalue weighted by molar-refractivity contribution is 7.90. The molecular formula is C33H56F7NO9S. The fourth-order valence-corrected chi connectivity index (χ4v) is 5.86. The Morgan fingerprint density at radius 1 is 0.745 bits per heavy atom. The average Bonchev–Trinajstić information content (AvgIpc) is 2.88. The van der Waals surface area contributed by atoms with E-state index in [1.165, 1.54) is 32.4 Å². The molecule has 0 radical (unpaired) electrons. The van der Waals surface area contributed by atoms with Crippen molar-refractivity contribution in [2.75, 3.05) is 6.61 Å². The fourth-order valence-electron chi connectivity index (χ4n) is 4.95. The van der Waals surface area contributed by atoms with E-state index < -0.39 is 110 Å². The SMILES string of the molecule is CCCC(CC(C)(O)C(F)(F)F)OC(=O)C(C)(CC)CC(C)(CC(C)(F)C(=O)OC(C)(C)C(C)(C)C)C(=O)OCC(C)(C)NS(=O)(=O)C(F)(F)F. The molecule has 0 rings (SSSR count). The van der Waals surface area contributed by atoms with Gasteiger partial charge < -0.3 is 19.3 Å². The Hall–Kier alpha value is -2.21. The largest absolute Gasteiger partial charge is 0.511 e. The number of rotatable bonds is 18. The molecule has 18 heteroatoms. The predicted molar refractivity (Wildman–Crippen MR) is 174 cm³/mol. The van der Waals surface area contributed by atoms with Gasteiger partial charge in [0.05, 0.1) is 16.4 Å². The van der Waals surface area contributed by atoms with Crippen LogP contribution >= 0.6 is 0 Å². The molecule has 0 amide bonds. The zero-order valence-corrected chi connectivity index (χ0v) is 32.6. The second-order valence-corrected chi connectivity index (χ2v) is 18.2. The highest BCUT2D eigenvalue weighted by atomic mass is 32.2. The molecular weight excluding hydrogens is 719 g/mol. The maximum Gasteiger partial charge on any atom is 0.511 e. The van der Waals surface area contributed by atoms with Crippen molar-refractivity contribution >= 4 is 27.9 Å². The highest BCUT2D eigenvalue weighted by Gasteiger charge is 2.55. The number of esters is 3. The molecule has 10 nitrogen and oxygen atoms in total. The highest BCUT2D eigenvalue weighted by Crippen LogP contribution is 2.46. The van der Waals surface area contributed by atoms with Gasteiger partial charge in [0.2, 0.25) is 5.67 Å². The molecule has 51 heavy (non-hydrogen) atoms. The lowest BCUT2D eigenvalue weighted by atomic mass is 9.67. The van der Waals surface area contributed by atoms with Crippen LogP contribution in [0.3, 0.4) is 0 Å². The number of halogens is 7. The number of carbonyl (C=O) groups is 3. The molecule has 0 aliphatic heterocycles. The minimum atomic E-state index is -5.90. The number of carbonyl (C=O) groups excluding carboxylic acids is 3. The molecule has 302 valence electrons. The zero-order chi connectivity index (χ0) is 41.1. The van der Waals surface area contributed by atoms with E-state index >= 15 is 4.39 Å². The Kier molecular flexibility index (Phi) is 15.3. The lowest BCUT2D eigenvalue weighted by Gasteiger charge is -2.42. The van der Waals surface area contributed by atoms with Crippen molar-refractivity contribution in [2.24, 2.45) is 16.2 Å². The first kappa shape index (κ1) is 48.8. The lowest BCUT2D eigenvalue weighted by Crippen LogP contribution is -2.53. The van der Waals surface area contributed by atoms with Crippen LogP contribution in [0.5, 0.6) is 0 Å². The third kappa shape index (κ3) is 13.3. The maximum absolute atomic E-state index is 16.4. The third-order valence-corrected chi connectivity index (χ3v) is 10.7. The third-order valence-electron chi connectivity index (χ3n) is 9.25. The van der Waals surface area contributed by atoms with E-state index in [0.717, 1.165) is 27.7 Å². The monoisotopic (exact) mass is 775 g/mol. The van der Waals surface area contributed by atoms with Gasteiger partial charge in [0.25, 0.3) is 0 Å². The van der Waals surface area contributed by atoms with Gasteiger partial charge in [-0.3, -0.25) is 9.59 Å². The summed E-state index contributed by atoms with van der Waals surface area (Å²) in [5.41, 5.74) is -19.8. The van der Waals surface area contributed by atoms with Crippen molar-refractivity contribution in [3.05, 3.63) is 0 Å². The molecule has 5 unspecified atom stereocenters. The van der Waals surface area contributed by atoms with Gasteiger partial charge in [-0.2, -0.15) is 31.1 Å². The zero-order valence-electron chi connectivity index (χ0n) is 31.8. The van der Waals surface area contributed by atoms with E-state index in [4.69, 9.17) is 14.2 Å². The van der Waals surface area contributed by atoms with Gasteiger partial charge in [-0.1, -0.05) is 41.0 Å². The Balaban J connectivity index is 6.85. The van der Waals surface area contributed by atoms with Gasteiger partial charge >= 0.3 is 39.6 Å². The predicted octanol–water partition coefficient (Wildman–Crippen LogP) is 7.46. The summed E-state index contributed by atoms with van der Waals surface area (Å²) >= 11 is 0. The second kappa shape index (κ2) is 16.0. The number of ether oxygens (including phenoxy) is 3. The van der Waals surface area contributed by atoms with Crippen LogP contribution in [0.1, 0.15) is 129 Å². The van der Waals surface area contributed by atoms with Crippen molar-refractivity contribution < 1.29 is 72.9 Å². The maximum atomic E-state index is 16.4. The number of aliphatic hydroxyl groups is 1. The van der Waals surface area contributed by atoms with Gasteiger partial charge in [-0.15, -0.1) is 0 Å². The molecule has 0 aromatic carbocycles. The molecule has 0 saturated heterocycles. The molecule has 0 aromatic rings. The first-order valence-electron chi connectivity index (χ1n) is 16.4. The Morgan fingerprint density at radius 2 is 1.24 bits per heavy atom. The Bertz CT molecular complexity index is 1340. The molecule has 0 fully saturated rings. The number of hydrogen-bond donors (Lipinski definition) is 2. The normalized spacial score (nSPS) is 19.1. The summed E-state index contributed by atoms with van der Waals surface area (Å²) < 4.78 is 137. The number of nitrogens with one attached hydrogen (secondary N) is 1. The Labute approximate surface area is 297 Å². The quantitative estimate of drug-likeness (QED) is 0.0824. The summed E-state index contributed by atoms with van der Waals surface area (Å²) in [6, 6.07) is 0. The van der Waals surface area contributed by atoms with Crippen molar-refractivity contribution in [3.63, 3.8) is 0 Å². The molecule has 5 atom stereocenters. The smallest absolute Gasteiger partial charge is 0.463 e. The summed E-state index contributed by atoms with van der Waals surface area (Å²) in [6.45, 7) is 16.0. The molecule has 0 bridgehead atoms.